The van der Waals surface area contributed by atoms with Crippen molar-refractivity contribution in [3.8, 4) is 0 Å². The van der Waals surface area contributed by atoms with E-state index in [2.05, 4.69) is 23.8 Å². The van der Waals surface area contributed by atoms with Gasteiger partial charge in [0.05, 0.1) is 0 Å². The first-order chi connectivity index (χ1) is 6.74. The van der Waals surface area contributed by atoms with E-state index in [0.717, 1.165) is 38.9 Å². The highest BCUT2D eigenvalue weighted by atomic mass is 32.1. The normalized spacial score (nSPS) is 20.4. The van der Waals surface area contributed by atoms with Crippen LogP contribution in [0.4, 0.5) is 4.70 Å². The third kappa shape index (κ3) is 5.35. The van der Waals surface area contributed by atoms with Crippen LogP contribution in [0.2, 0.25) is 0 Å². The first-order valence-corrected chi connectivity index (χ1v) is 5.70. The van der Waals surface area contributed by atoms with E-state index in [1.807, 2.05) is 6.08 Å². The van der Waals surface area contributed by atoms with Gasteiger partial charge in [0.2, 0.25) is 0 Å². The van der Waals surface area contributed by atoms with E-state index in [4.69, 9.17) is 12.2 Å². The molecule has 15 heavy (non-hydrogen) atoms. The monoisotopic (exact) mass is 234 g/mol. The van der Waals surface area contributed by atoms with Gasteiger partial charge in [0.1, 0.15) is 0 Å². The summed E-state index contributed by atoms with van der Waals surface area (Å²) in [6, 6.07) is 0.483. The molecule has 0 aromatic carbocycles. The number of nitrogens with zero attached hydrogens (tertiary/aromatic N) is 1. The molecule has 0 bridgehead atoms. The van der Waals surface area contributed by atoms with Gasteiger partial charge in [-0.05, 0) is 32.9 Å². The Balaban J connectivity index is 0. The molecule has 1 rings (SSSR count). The molecule has 1 aliphatic rings. The Hall–Kier alpha value is -0.320. The molecular weight excluding hydrogens is 211 g/mol. The van der Waals surface area contributed by atoms with Crippen LogP contribution in [0.15, 0.2) is 12.7 Å². The first-order valence-electron chi connectivity index (χ1n) is 5.29. The lowest BCUT2D eigenvalue weighted by Gasteiger charge is -2.18. The summed E-state index contributed by atoms with van der Waals surface area (Å²) in [4.78, 5) is 3.55. The highest BCUT2D eigenvalue weighted by molar-refractivity contribution is 7.80. The van der Waals surface area contributed by atoms with Crippen molar-refractivity contribution in [1.82, 2.24) is 10.2 Å². The van der Waals surface area contributed by atoms with Crippen LogP contribution in [-0.4, -0.2) is 42.5 Å². The van der Waals surface area contributed by atoms with Gasteiger partial charge in [-0.25, -0.2) is 0 Å². The number of hydrogen-bond donors (Lipinski definition) is 1. The number of halogens is 1. The van der Waals surface area contributed by atoms with Crippen LogP contribution in [0.5, 0.6) is 0 Å². The molecule has 0 radical (unpaired) electrons. The zero-order valence-corrected chi connectivity index (χ0v) is 10.2. The summed E-state index contributed by atoms with van der Waals surface area (Å²) < 4.78 is 0. The molecule has 4 heteroatoms. The summed E-state index contributed by atoms with van der Waals surface area (Å²) in [5, 5.41) is 3.43. The molecule has 1 aliphatic heterocycles. The van der Waals surface area contributed by atoms with Crippen molar-refractivity contribution in [2.24, 2.45) is 0 Å². The summed E-state index contributed by atoms with van der Waals surface area (Å²) in [6.07, 6.45) is 5.26. The lowest BCUT2D eigenvalue weighted by Crippen LogP contribution is -2.31. The van der Waals surface area contributed by atoms with Gasteiger partial charge in [-0.3, -0.25) is 4.70 Å². The van der Waals surface area contributed by atoms with Gasteiger partial charge in [-0.15, -0.1) is 6.58 Å². The van der Waals surface area contributed by atoms with Crippen LogP contribution >= 0.6 is 12.2 Å². The highest BCUT2D eigenvalue weighted by Gasteiger charge is 2.19. The van der Waals surface area contributed by atoms with Gasteiger partial charge in [-0.1, -0.05) is 18.3 Å². The Morgan fingerprint density at radius 2 is 2.40 bits per heavy atom. The van der Waals surface area contributed by atoms with Gasteiger partial charge >= 0.3 is 0 Å². The Morgan fingerprint density at radius 1 is 1.67 bits per heavy atom. The standard InChI is InChI=1S/C11H20N2S.FH.H2/c1-3-4-8-13(2)9-6-10-11(14)5-7-12-10;;/h3,10,12H,1,4-9H2,2H3;2*1H. The molecule has 2 nitrogen and oxygen atoms in total. The minimum Gasteiger partial charge on any atom is -0.309 e. The van der Waals surface area contributed by atoms with Crippen molar-refractivity contribution in [3.05, 3.63) is 12.7 Å². The van der Waals surface area contributed by atoms with Crippen LogP contribution in [0.25, 0.3) is 0 Å². The number of rotatable bonds is 6. The van der Waals surface area contributed by atoms with E-state index in [-0.39, 0.29) is 6.13 Å². The molecular formula is C11H23FN2S. The molecule has 90 valence electrons. The smallest absolute Gasteiger partial charge is 0.0396 e. The molecule has 0 spiro atoms. The second-order valence-electron chi connectivity index (χ2n) is 3.89. The molecule has 0 aliphatic carbocycles. The topological polar surface area (TPSA) is 15.3 Å². The SMILES string of the molecule is C=CCCN(C)CCC1NCCC1=S.F.[HH]. The van der Waals surface area contributed by atoms with Gasteiger partial charge in [0.15, 0.2) is 0 Å². The number of thiocarbonyl (C=S) groups is 1. The van der Waals surface area contributed by atoms with E-state index in [1.165, 1.54) is 4.86 Å². The van der Waals surface area contributed by atoms with Gasteiger partial charge in [-0.2, -0.15) is 0 Å². The molecule has 1 saturated heterocycles. The average molecular weight is 234 g/mol. The fraction of sp³-hybridized carbons (Fsp3) is 0.727. The number of nitrogens with one attached hydrogen (secondary N) is 1. The van der Waals surface area contributed by atoms with Gasteiger partial charge in [0, 0.05) is 25.4 Å². The molecule has 0 aromatic heterocycles. The van der Waals surface area contributed by atoms with Crippen LogP contribution in [-0.2, 0) is 0 Å². The summed E-state index contributed by atoms with van der Waals surface area (Å²) in [7, 11) is 2.15. The number of hydrogen-bond acceptors (Lipinski definition) is 3. The molecule has 0 amide bonds. The molecule has 1 fully saturated rings. The first kappa shape index (κ1) is 14.7. The third-order valence-corrected chi connectivity index (χ3v) is 3.15. The average Bonchev–Trinajstić information content (AvgIpc) is 2.58. The van der Waals surface area contributed by atoms with Crippen LogP contribution < -0.4 is 5.32 Å². The Morgan fingerprint density at radius 3 is 2.93 bits per heavy atom. The molecule has 1 N–H and O–H groups in total. The predicted molar refractivity (Wildman–Crippen MR) is 70.6 cm³/mol. The summed E-state index contributed by atoms with van der Waals surface area (Å²) in [6.45, 7) is 7.01. The lowest BCUT2D eigenvalue weighted by atomic mass is 10.1. The quantitative estimate of drug-likeness (QED) is 0.559. The Labute approximate surface area is 98.6 Å². The second-order valence-corrected chi connectivity index (χ2v) is 4.42. The van der Waals surface area contributed by atoms with E-state index < -0.39 is 0 Å². The maximum absolute atomic E-state index is 5.28. The summed E-state index contributed by atoms with van der Waals surface area (Å²) >= 11 is 5.28. The molecule has 1 heterocycles. The van der Waals surface area contributed by atoms with Crippen molar-refractivity contribution in [2.45, 2.75) is 25.3 Å². The van der Waals surface area contributed by atoms with E-state index in [0.29, 0.717) is 6.04 Å². The summed E-state index contributed by atoms with van der Waals surface area (Å²) in [5.74, 6) is 0. The van der Waals surface area contributed by atoms with Crippen molar-refractivity contribution in [2.75, 3.05) is 26.7 Å². The highest BCUT2D eigenvalue weighted by Crippen LogP contribution is 2.07. The minimum atomic E-state index is 0. The van der Waals surface area contributed by atoms with Crippen LogP contribution in [0.1, 0.15) is 20.7 Å². The van der Waals surface area contributed by atoms with E-state index >= 15 is 0 Å². The molecule has 0 aromatic rings. The van der Waals surface area contributed by atoms with E-state index in [1.54, 1.807) is 0 Å². The zero-order chi connectivity index (χ0) is 10.4. The summed E-state index contributed by atoms with van der Waals surface area (Å²) in [5.41, 5.74) is 0. The van der Waals surface area contributed by atoms with Crippen molar-refractivity contribution in [3.63, 3.8) is 0 Å². The lowest BCUT2D eigenvalue weighted by molar-refractivity contribution is 0.329. The van der Waals surface area contributed by atoms with Gasteiger partial charge in [0.25, 0.3) is 0 Å². The van der Waals surface area contributed by atoms with E-state index in [9.17, 15) is 0 Å². The molecule has 1 atom stereocenters. The Kier molecular flexibility index (Phi) is 7.74. The fourth-order valence-electron chi connectivity index (χ4n) is 1.69. The van der Waals surface area contributed by atoms with Crippen molar-refractivity contribution >= 4 is 17.1 Å². The predicted octanol–water partition coefficient (Wildman–Crippen LogP) is 2.01. The molecule has 0 saturated carbocycles. The van der Waals surface area contributed by atoms with Crippen LogP contribution in [0, 0.1) is 0 Å². The van der Waals surface area contributed by atoms with Crippen LogP contribution in [0.3, 0.4) is 0 Å². The van der Waals surface area contributed by atoms with Crippen molar-refractivity contribution in [1.29, 1.82) is 0 Å². The minimum absolute atomic E-state index is 0. The Bertz CT molecular complexity index is 214. The zero-order valence-electron chi connectivity index (χ0n) is 9.37. The maximum atomic E-state index is 5.28. The maximum Gasteiger partial charge on any atom is 0.0396 e. The fourth-order valence-corrected chi connectivity index (χ4v) is 2.00. The third-order valence-electron chi connectivity index (χ3n) is 2.67. The molecule has 1 unspecified atom stereocenters. The van der Waals surface area contributed by atoms with Crippen molar-refractivity contribution < 1.29 is 6.13 Å². The van der Waals surface area contributed by atoms with Gasteiger partial charge < -0.3 is 10.2 Å². The largest absolute Gasteiger partial charge is 0.309 e. The second kappa shape index (κ2) is 7.91.